The van der Waals surface area contributed by atoms with Gasteiger partial charge in [-0.3, -0.25) is 9.59 Å². The van der Waals surface area contributed by atoms with E-state index in [-0.39, 0.29) is 23.2 Å². The largest absolute Gasteiger partial charge is 0.451 e. The quantitative estimate of drug-likeness (QED) is 0.584. The van der Waals surface area contributed by atoms with Gasteiger partial charge in [0, 0.05) is 30.8 Å². The minimum atomic E-state index is -0.322. The van der Waals surface area contributed by atoms with Crippen molar-refractivity contribution in [3.05, 3.63) is 80.2 Å². The van der Waals surface area contributed by atoms with Crippen molar-refractivity contribution in [3.63, 3.8) is 0 Å². The van der Waals surface area contributed by atoms with Crippen LogP contribution < -0.4 is 5.43 Å². The van der Waals surface area contributed by atoms with Crippen molar-refractivity contribution in [2.75, 3.05) is 13.2 Å². The van der Waals surface area contributed by atoms with Crippen LogP contribution in [0.1, 0.15) is 40.1 Å². The van der Waals surface area contributed by atoms with Gasteiger partial charge in [0.05, 0.1) is 11.5 Å². The molecule has 0 N–H and O–H groups in total. The van der Waals surface area contributed by atoms with Crippen LogP contribution in [0.5, 0.6) is 0 Å². The maximum absolute atomic E-state index is 13.4. The van der Waals surface area contributed by atoms with Crippen molar-refractivity contribution in [2.24, 2.45) is 0 Å². The Bertz CT molecular complexity index is 1130. The van der Waals surface area contributed by atoms with Crippen LogP contribution in [0.25, 0.3) is 11.0 Å². The fourth-order valence-electron chi connectivity index (χ4n) is 3.74. The number of ether oxygens (including phenoxy) is 1. The van der Waals surface area contributed by atoms with E-state index in [9.17, 15) is 9.59 Å². The van der Waals surface area contributed by atoms with Crippen LogP contribution >= 0.6 is 11.6 Å². The van der Waals surface area contributed by atoms with Gasteiger partial charge in [-0.1, -0.05) is 23.7 Å². The number of carbonyl (C=O) groups is 1. The molecule has 1 amide bonds. The van der Waals surface area contributed by atoms with E-state index in [0.717, 1.165) is 29.5 Å². The van der Waals surface area contributed by atoms with E-state index in [1.165, 1.54) is 6.07 Å². The summed E-state index contributed by atoms with van der Waals surface area (Å²) < 4.78 is 11.6. The summed E-state index contributed by atoms with van der Waals surface area (Å²) in [4.78, 5) is 27.7. The molecule has 5 nitrogen and oxygen atoms in total. The van der Waals surface area contributed by atoms with Crippen molar-refractivity contribution >= 4 is 28.5 Å². The molecule has 6 heteroatoms. The van der Waals surface area contributed by atoms with Gasteiger partial charge in [-0.05, 0) is 67.6 Å². The molecule has 1 aliphatic heterocycles. The number of halogens is 1. The highest BCUT2D eigenvalue weighted by molar-refractivity contribution is 6.30. The molecule has 1 fully saturated rings. The molecule has 0 spiro atoms. The lowest BCUT2D eigenvalue weighted by Gasteiger charge is -2.25. The topological polar surface area (TPSA) is 59.8 Å². The van der Waals surface area contributed by atoms with Crippen LogP contribution in [-0.2, 0) is 11.3 Å². The van der Waals surface area contributed by atoms with Crippen molar-refractivity contribution in [1.29, 1.82) is 0 Å². The molecular weight excluding hydrogens is 402 g/mol. The summed E-state index contributed by atoms with van der Waals surface area (Å²) in [5, 5.41) is 1.12. The highest BCUT2D eigenvalue weighted by Crippen LogP contribution is 2.21. The number of fused-ring (bicyclic) bond motifs is 1. The molecule has 1 saturated heterocycles. The third-order valence-electron chi connectivity index (χ3n) is 5.58. The summed E-state index contributed by atoms with van der Waals surface area (Å²) in [6.45, 7) is 5.42. The van der Waals surface area contributed by atoms with Crippen LogP contribution in [-0.4, -0.2) is 30.1 Å². The zero-order chi connectivity index (χ0) is 21.3. The number of rotatable bonds is 5. The lowest BCUT2D eigenvalue weighted by atomic mass is 10.1. The fraction of sp³-hybridized carbons (Fsp3) is 0.333. The monoisotopic (exact) mass is 425 g/mol. The number of hydrogen-bond donors (Lipinski definition) is 0. The Kier molecular flexibility index (Phi) is 5.93. The summed E-state index contributed by atoms with van der Waals surface area (Å²) in [5.74, 6) is -0.277. The Balaban J connectivity index is 1.68. The third kappa shape index (κ3) is 4.42. The predicted octanol–water partition coefficient (Wildman–Crippen LogP) is 4.88. The van der Waals surface area contributed by atoms with Gasteiger partial charge in [-0.25, -0.2) is 0 Å². The Hall–Kier alpha value is -2.63. The van der Waals surface area contributed by atoms with E-state index in [0.29, 0.717) is 35.7 Å². The first-order valence-electron chi connectivity index (χ1n) is 10.1. The summed E-state index contributed by atoms with van der Waals surface area (Å²) in [7, 11) is 0. The number of aryl methyl sites for hydroxylation is 2. The van der Waals surface area contributed by atoms with E-state index in [1.54, 1.807) is 17.0 Å². The second-order valence-electron chi connectivity index (χ2n) is 7.85. The molecular formula is C24H24ClNO4. The molecule has 30 heavy (non-hydrogen) atoms. The number of amides is 1. The maximum Gasteiger partial charge on any atom is 0.290 e. The molecule has 0 aliphatic carbocycles. The first-order chi connectivity index (χ1) is 14.4. The van der Waals surface area contributed by atoms with Crippen LogP contribution in [0, 0.1) is 13.8 Å². The molecule has 2 aromatic carbocycles. The van der Waals surface area contributed by atoms with Crippen LogP contribution in [0.2, 0.25) is 5.02 Å². The average Bonchev–Trinajstić information content (AvgIpc) is 3.23. The zero-order valence-corrected chi connectivity index (χ0v) is 17.9. The molecule has 1 aliphatic rings. The number of benzene rings is 2. The molecule has 156 valence electrons. The van der Waals surface area contributed by atoms with E-state index in [2.05, 4.69) is 0 Å². The SMILES string of the molecule is Cc1cc2oc(C(=O)N(Cc3ccc(Cl)cc3)C[C@@H]3CCCO3)cc(=O)c2cc1C. The highest BCUT2D eigenvalue weighted by atomic mass is 35.5. The predicted molar refractivity (Wildman–Crippen MR) is 117 cm³/mol. The molecule has 2 heterocycles. The lowest BCUT2D eigenvalue weighted by molar-refractivity contribution is 0.0484. The third-order valence-corrected chi connectivity index (χ3v) is 5.83. The first kappa shape index (κ1) is 20.6. The average molecular weight is 426 g/mol. The first-order valence-corrected chi connectivity index (χ1v) is 10.5. The van der Waals surface area contributed by atoms with Gasteiger partial charge in [-0.15, -0.1) is 0 Å². The van der Waals surface area contributed by atoms with E-state index in [4.69, 9.17) is 20.8 Å². The van der Waals surface area contributed by atoms with Gasteiger partial charge < -0.3 is 14.1 Å². The highest BCUT2D eigenvalue weighted by Gasteiger charge is 2.26. The van der Waals surface area contributed by atoms with E-state index < -0.39 is 0 Å². The fourth-order valence-corrected chi connectivity index (χ4v) is 3.86. The van der Waals surface area contributed by atoms with Crippen LogP contribution in [0.3, 0.4) is 0 Å². The Morgan fingerprint density at radius 3 is 2.57 bits per heavy atom. The summed E-state index contributed by atoms with van der Waals surface area (Å²) in [5.41, 5.74) is 3.17. The zero-order valence-electron chi connectivity index (χ0n) is 17.1. The minimum Gasteiger partial charge on any atom is -0.451 e. The van der Waals surface area contributed by atoms with Gasteiger partial charge in [0.2, 0.25) is 0 Å². The van der Waals surface area contributed by atoms with Crippen molar-refractivity contribution in [2.45, 2.75) is 39.3 Å². The molecule has 0 unspecified atom stereocenters. The van der Waals surface area contributed by atoms with Crippen LogP contribution in [0.15, 0.2) is 51.7 Å². The Morgan fingerprint density at radius 1 is 1.13 bits per heavy atom. The maximum atomic E-state index is 13.4. The second kappa shape index (κ2) is 8.62. The summed E-state index contributed by atoms with van der Waals surface area (Å²) in [6.07, 6.45) is 1.88. The van der Waals surface area contributed by atoms with Crippen molar-refractivity contribution in [1.82, 2.24) is 4.90 Å². The van der Waals surface area contributed by atoms with Crippen molar-refractivity contribution in [3.8, 4) is 0 Å². The van der Waals surface area contributed by atoms with Gasteiger partial charge in [0.1, 0.15) is 5.58 Å². The number of nitrogens with zero attached hydrogens (tertiary/aromatic N) is 1. The van der Waals surface area contributed by atoms with Gasteiger partial charge in [-0.2, -0.15) is 0 Å². The Morgan fingerprint density at radius 2 is 1.87 bits per heavy atom. The normalized spacial score (nSPS) is 16.2. The molecule has 3 aromatic rings. The van der Waals surface area contributed by atoms with Gasteiger partial charge in [0.25, 0.3) is 5.91 Å². The second-order valence-corrected chi connectivity index (χ2v) is 8.29. The molecule has 4 rings (SSSR count). The summed E-state index contributed by atoms with van der Waals surface area (Å²) >= 11 is 5.99. The van der Waals surface area contributed by atoms with E-state index >= 15 is 0 Å². The summed E-state index contributed by atoms with van der Waals surface area (Å²) in [6, 6.07) is 12.3. The van der Waals surface area contributed by atoms with E-state index in [1.807, 2.05) is 38.1 Å². The molecule has 1 aromatic heterocycles. The number of carbonyl (C=O) groups excluding carboxylic acids is 1. The van der Waals surface area contributed by atoms with Crippen LogP contribution in [0.4, 0.5) is 0 Å². The van der Waals surface area contributed by atoms with Gasteiger partial charge >= 0.3 is 0 Å². The van der Waals surface area contributed by atoms with Gasteiger partial charge in [0.15, 0.2) is 11.2 Å². The lowest BCUT2D eigenvalue weighted by Crippen LogP contribution is -2.37. The smallest absolute Gasteiger partial charge is 0.290 e. The number of hydrogen-bond acceptors (Lipinski definition) is 4. The molecule has 0 saturated carbocycles. The molecule has 0 bridgehead atoms. The minimum absolute atomic E-state index is 0.0154. The standard InChI is InChI=1S/C24H24ClNO4/c1-15-10-20-21(27)12-23(30-22(20)11-16(15)2)24(28)26(14-19-4-3-9-29-19)13-17-5-7-18(25)8-6-17/h5-8,10-12,19H,3-4,9,13-14H2,1-2H3/t19-/m0/s1. The van der Waals surface area contributed by atoms with Crippen molar-refractivity contribution < 1.29 is 13.9 Å². The molecule has 1 atom stereocenters. The molecule has 0 radical (unpaired) electrons. The Labute approximate surface area is 180 Å².